The summed E-state index contributed by atoms with van der Waals surface area (Å²) in [5.41, 5.74) is 3.31. The summed E-state index contributed by atoms with van der Waals surface area (Å²) in [5, 5.41) is 6.86. The van der Waals surface area contributed by atoms with Crippen molar-refractivity contribution in [2.24, 2.45) is 0 Å². The molecule has 0 bridgehead atoms. The number of halogens is 1. The summed E-state index contributed by atoms with van der Waals surface area (Å²) < 4.78 is 18.5. The van der Waals surface area contributed by atoms with Gasteiger partial charge in [-0.05, 0) is 68.7 Å². The average Bonchev–Trinajstić information content (AvgIpc) is 3.14. The number of hydrogen-bond donors (Lipinski definition) is 1. The van der Waals surface area contributed by atoms with E-state index in [1.54, 1.807) is 6.92 Å². The number of benzene rings is 2. The van der Waals surface area contributed by atoms with Crippen molar-refractivity contribution in [3.8, 4) is 0 Å². The average molecular weight is 380 g/mol. The van der Waals surface area contributed by atoms with Crippen molar-refractivity contribution < 1.29 is 13.7 Å². The van der Waals surface area contributed by atoms with Crippen molar-refractivity contribution in [1.82, 2.24) is 10.1 Å². The van der Waals surface area contributed by atoms with E-state index in [0.29, 0.717) is 17.3 Å². The fourth-order valence-electron chi connectivity index (χ4n) is 3.58. The van der Waals surface area contributed by atoms with Crippen molar-refractivity contribution in [3.05, 3.63) is 71.1 Å². The molecule has 4 rings (SSSR count). The number of hydrogen-bond acceptors (Lipinski definition) is 5. The lowest BCUT2D eigenvalue weighted by Crippen LogP contribution is -2.32. The van der Waals surface area contributed by atoms with Crippen LogP contribution in [0.15, 0.2) is 47.0 Å². The largest absolute Gasteiger partial charge is 0.359 e. The van der Waals surface area contributed by atoms with Gasteiger partial charge in [0.2, 0.25) is 5.89 Å². The number of aromatic nitrogens is 2. The Morgan fingerprint density at radius 1 is 1.25 bits per heavy atom. The molecule has 0 spiro atoms. The van der Waals surface area contributed by atoms with E-state index in [-0.39, 0.29) is 17.8 Å². The summed E-state index contributed by atoms with van der Waals surface area (Å²) in [6.07, 6.45) is 1.81. The van der Waals surface area contributed by atoms with Gasteiger partial charge in [-0.15, -0.1) is 0 Å². The van der Waals surface area contributed by atoms with Crippen LogP contribution in [0.4, 0.5) is 15.8 Å². The van der Waals surface area contributed by atoms with Crippen LogP contribution in [0.1, 0.15) is 47.0 Å². The van der Waals surface area contributed by atoms with E-state index in [1.165, 1.54) is 24.3 Å². The van der Waals surface area contributed by atoms with Gasteiger partial charge < -0.3 is 14.7 Å². The van der Waals surface area contributed by atoms with Crippen LogP contribution in [0, 0.1) is 12.7 Å². The van der Waals surface area contributed by atoms with E-state index in [2.05, 4.69) is 20.4 Å². The van der Waals surface area contributed by atoms with Gasteiger partial charge in [-0.25, -0.2) is 4.39 Å². The maximum Gasteiger partial charge on any atom is 0.255 e. The molecule has 3 aromatic rings. The molecule has 1 aromatic heterocycles. The lowest BCUT2D eigenvalue weighted by atomic mass is 9.98. The van der Waals surface area contributed by atoms with Crippen molar-refractivity contribution in [2.45, 2.75) is 32.7 Å². The minimum Gasteiger partial charge on any atom is -0.359 e. The molecule has 7 heteroatoms. The van der Waals surface area contributed by atoms with Crippen LogP contribution in [-0.4, -0.2) is 22.6 Å². The fraction of sp³-hybridized carbons (Fsp3) is 0.286. The second-order valence-electron chi connectivity index (χ2n) is 6.92. The molecule has 1 amide bonds. The van der Waals surface area contributed by atoms with Gasteiger partial charge in [-0.1, -0.05) is 11.2 Å². The highest BCUT2D eigenvalue weighted by molar-refractivity contribution is 6.05. The first-order valence-corrected chi connectivity index (χ1v) is 9.28. The Morgan fingerprint density at radius 3 is 2.75 bits per heavy atom. The zero-order chi connectivity index (χ0) is 19.7. The predicted molar refractivity (Wildman–Crippen MR) is 104 cm³/mol. The third kappa shape index (κ3) is 3.47. The van der Waals surface area contributed by atoms with Crippen molar-refractivity contribution in [1.29, 1.82) is 0 Å². The predicted octanol–water partition coefficient (Wildman–Crippen LogP) is 4.28. The molecule has 1 N–H and O–H groups in total. The number of nitrogens with zero attached hydrogens (tertiary/aromatic N) is 3. The van der Waals surface area contributed by atoms with E-state index in [4.69, 9.17) is 4.52 Å². The molecule has 2 heterocycles. The monoisotopic (exact) mass is 380 g/mol. The minimum atomic E-state index is -0.366. The van der Waals surface area contributed by atoms with E-state index in [1.807, 2.05) is 25.1 Å². The zero-order valence-electron chi connectivity index (χ0n) is 15.8. The molecular weight excluding hydrogens is 359 g/mol. The summed E-state index contributed by atoms with van der Waals surface area (Å²) in [4.78, 5) is 19.1. The molecule has 144 valence electrons. The normalized spacial score (nSPS) is 14.5. The molecular formula is C21H21FN4O2. The summed E-state index contributed by atoms with van der Waals surface area (Å²) in [6, 6.07) is 11.3. The molecule has 0 saturated heterocycles. The van der Waals surface area contributed by atoms with E-state index >= 15 is 0 Å². The second-order valence-corrected chi connectivity index (χ2v) is 6.92. The summed E-state index contributed by atoms with van der Waals surface area (Å²) in [5.74, 6) is 0.561. The molecule has 28 heavy (non-hydrogen) atoms. The molecule has 1 atom stereocenters. The topological polar surface area (TPSA) is 71.3 Å². The van der Waals surface area contributed by atoms with Gasteiger partial charge in [0.15, 0.2) is 5.82 Å². The third-order valence-corrected chi connectivity index (χ3v) is 5.01. The molecule has 1 aliphatic heterocycles. The van der Waals surface area contributed by atoms with Crippen LogP contribution in [0.25, 0.3) is 0 Å². The molecule has 0 radical (unpaired) electrons. The van der Waals surface area contributed by atoms with Crippen LogP contribution >= 0.6 is 0 Å². The first-order chi connectivity index (χ1) is 13.5. The van der Waals surface area contributed by atoms with Gasteiger partial charge >= 0.3 is 0 Å². The Bertz CT molecular complexity index is 1000. The van der Waals surface area contributed by atoms with Crippen LogP contribution in [-0.2, 0) is 6.42 Å². The highest BCUT2D eigenvalue weighted by Gasteiger charge is 2.27. The van der Waals surface area contributed by atoms with Gasteiger partial charge in [0.1, 0.15) is 11.9 Å². The molecule has 0 fully saturated rings. The number of rotatable bonds is 4. The van der Waals surface area contributed by atoms with Crippen LogP contribution < -0.4 is 10.2 Å². The molecule has 2 aromatic carbocycles. The maximum atomic E-state index is 13.1. The van der Waals surface area contributed by atoms with Crippen LogP contribution in [0.3, 0.4) is 0 Å². The second kappa shape index (κ2) is 7.42. The van der Waals surface area contributed by atoms with E-state index in [0.717, 1.165) is 36.3 Å². The Balaban J connectivity index is 1.61. The van der Waals surface area contributed by atoms with Crippen LogP contribution in [0.5, 0.6) is 0 Å². The van der Waals surface area contributed by atoms with Gasteiger partial charge in [0.25, 0.3) is 5.91 Å². The molecule has 0 saturated carbocycles. The van der Waals surface area contributed by atoms with Crippen molar-refractivity contribution in [3.63, 3.8) is 0 Å². The van der Waals surface area contributed by atoms with Gasteiger partial charge in [0.05, 0.1) is 0 Å². The minimum absolute atomic E-state index is 0.0664. The number of nitrogens with one attached hydrogen (secondary N) is 1. The fourth-order valence-corrected chi connectivity index (χ4v) is 3.58. The summed E-state index contributed by atoms with van der Waals surface area (Å²) in [6.45, 7) is 4.70. The molecule has 0 aliphatic carbocycles. The van der Waals surface area contributed by atoms with Crippen molar-refractivity contribution >= 4 is 17.3 Å². The summed E-state index contributed by atoms with van der Waals surface area (Å²) in [7, 11) is 0. The highest BCUT2D eigenvalue weighted by atomic mass is 19.1. The first-order valence-electron chi connectivity index (χ1n) is 9.28. The van der Waals surface area contributed by atoms with Crippen molar-refractivity contribution in [2.75, 3.05) is 16.8 Å². The number of amides is 1. The quantitative estimate of drug-likeness (QED) is 0.731. The standard InChI is InChI=1S/C21H21FN4O2/c1-13(21-23-14(2)25-28-21)26-12-4-5-17-18(6-3-7-19(17)26)24-20(27)15-8-10-16(22)11-9-15/h3,6-11,13H,4-5,12H2,1-2H3,(H,24,27). The Morgan fingerprint density at radius 2 is 2.04 bits per heavy atom. The first kappa shape index (κ1) is 18.2. The van der Waals surface area contributed by atoms with E-state index < -0.39 is 0 Å². The maximum absolute atomic E-state index is 13.1. The number of carbonyl (C=O) groups excluding carboxylic acids is 1. The Kier molecular flexibility index (Phi) is 4.81. The van der Waals surface area contributed by atoms with Gasteiger partial charge in [-0.2, -0.15) is 4.98 Å². The lowest BCUT2D eigenvalue weighted by Gasteiger charge is -2.35. The van der Waals surface area contributed by atoms with Crippen LogP contribution in [0.2, 0.25) is 0 Å². The Labute approximate surface area is 162 Å². The smallest absolute Gasteiger partial charge is 0.255 e. The summed E-state index contributed by atoms with van der Waals surface area (Å²) >= 11 is 0. The molecule has 1 unspecified atom stereocenters. The number of carbonyl (C=O) groups is 1. The highest BCUT2D eigenvalue weighted by Crippen LogP contribution is 2.37. The number of fused-ring (bicyclic) bond motifs is 1. The SMILES string of the molecule is Cc1noc(C(C)N2CCCc3c(NC(=O)c4ccc(F)cc4)cccc32)n1. The van der Waals surface area contributed by atoms with E-state index in [9.17, 15) is 9.18 Å². The van der Waals surface area contributed by atoms with Gasteiger partial charge in [0, 0.05) is 23.5 Å². The lowest BCUT2D eigenvalue weighted by molar-refractivity contribution is 0.102. The number of aryl methyl sites for hydroxylation is 1. The zero-order valence-corrected chi connectivity index (χ0v) is 15.8. The number of anilines is 2. The van der Waals surface area contributed by atoms with Gasteiger partial charge in [-0.3, -0.25) is 4.79 Å². The molecule has 6 nitrogen and oxygen atoms in total. The Hall–Kier alpha value is -3.22. The molecule has 1 aliphatic rings. The third-order valence-electron chi connectivity index (χ3n) is 5.01.